The first kappa shape index (κ1) is 30.8. The van der Waals surface area contributed by atoms with Crippen molar-refractivity contribution in [1.82, 2.24) is 20.5 Å². The van der Waals surface area contributed by atoms with Crippen molar-refractivity contribution in [2.45, 2.75) is 25.6 Å². The van der Waals surface area contributed by atoms with E-state index in [-0.39, 0.29) is 36.2 Å². The van der Waals surface area contributed by atoms with Crippen molar-refractivity contribution in [3.8, 4) is 10.4 Å². The van der Waals surface area contributed by atoms with E-state index in [9.17, 15) is 31.5 Å². The number of fused-ring (bicyclic) bond motifs is 1. The van der Waals surface area contributed by atoms with Crippen molar-refractivity contribution in [1.29, 1.82) is 0 Å². The molecule has 2 aromatic carbocycles. The number of nitrogens with zero attached hydrogens (tertiary/aromatic N) is 3. The lowest BCUT2D eigenvalue weighted by molar-refractivity contribution is -0.192. The fraction of sp³-hybridized carbons (Fsp3) is 0.333. The zero-order chi connectivity index (χ0) is 30.6. The van der Waals surface area contributed by atoms with Gasteiger partial charge in [-0.1, -0.05) is 18.2 Å². The summed E-state index contributed by atoms with van der Waals surface area (Å²) in [5, 5.41) is 14.1. The van der Waals surface area contributed by atoms with Gasteiger partial charge in [0.15, 0.2) is 0 Å². The minimum atomic E-state index is -5.08. The molecule has 224 valence electrons. The molecule has 2 aliphatic rings. The van der Waals surface area contributed by atoms with E-state index in [2.05, 4.69) is 15.6 Å². The van der Waals surface area contributed by atoms with E-state index in [4.69, 9.17) is 9.90 Å². The molecule has 3 amide bonds. The molecular weight excluding hydrogens is 585 g/mol. The Balaban J connectivity index is 0.000000517. The molecule has 1 aromatic heterocycles. The summed E-state index contributed by atoms with van der Waals surface area (Å²) in [6, 6.07) is 9.91. The van der Waals surface area contributed by atoms with Crippen LogP contribution in [0.3, 0.4) is 0 Å². The number of nitrogens with one attached hydrogen (secondary N) is 2. The number of carboxylic acid groups (broad SMARTS) is 1. The molecule has 2 aliphatic heterocycles. The summed E-state index contributed by atoms with van der Waals surface area (Å²) in [4.78, 5) is 43.9. The summed E-state index contributed by atoms with van der Waals surface area (Å²) in [6.07, 6.45) is -4.41. The van der Waals surface area contributed by atoms with Crippen molar-refractivity contribution in [3.05, 3.63) is 70.4 Å². The van der Waals surface area contributed by atoms with E-state index in [0.29, 0.717) is 48.9 Å². The molecule has 0 radical (unpaired) electrons. The van der Waals surface area contributed by atoms with E-state index in [1.165, 1.54) is 40.5 Å². The highest BCUT2D eigenvalue weighted by Crippen LogP contribution is 2.32. The zero-order valence-corrected chi connectivity index (χ0v) is 23.0. The van der Waals surface area contributed by atoms with Crippen LogP contribution in [0.4, 0.5) is 32.4 Å². The van der Waals surface area contributed by atoms with Crippen LogP contribution >= 0.6 is 11.3 Å². The number of hydrogen-bond acceptors (Lipinski definition) is 6. The molecule has 0 saturated carbocycles. The minimum absolute atomic E-state index is 0.219. The molecule has 42 heavy (non-hydrogen) atoms. The summed E-state index contributed by atoms with van der Waals surface area (Å²) in [7, 11) is 0. The fourth-order valence-corrected chi connectivity index (χ4v) is 5.50. The van der Waals surface area contributed by atoms with Crippen molar-refractivity contribution < 1.29 is 41.4 Å². The molecule has 0 unspecified atom stereocenters. The van der Waals surface area contributed by atoms with Gasteiger partial charge in [0.2, 0.25) is 0 Å². The molecule has 0 aliphatic carbocycles. The SMILES string of the molecule is Cc1nc(C(=O)N2CCNC[C@H]2CNC(=O)N2CCc3ccc(F)cc32)c(-c2ccc(F)cc2)s1.O=C(O)C(F)(F)F. The quantitative estimate of drug-likeness (QED) is 0.381. The lowest BCUT2D eigenvalue weighted by Crippen LogP contribution is -2.58. The number of carbonyl (C=O) groups is 3. The van der Waals surface area contributed by atoms with Crippen LogP contribution in [0.2, 0.25) is 0 Å². The number of carbonyl (C=O) groups excluding carboxylic acids is 2. The van der Waals surface area contributed by atoms with E-state index in [1.807, 2.05) is 6.92 Å². The Morgan fingerprint density at radius 3 is 2.43 bits per heavy atom. The van der Waals surface area contributed by atoms with Gasteiger partial charge in [0.25, 0.3) is 5.91 Å². The van der Waals surface area contributed by atoms with E-state index < -0.39 is 12.1 Å². The highest BCUT2D eigenvalue weighted by Gasteiger charge is 2.38. The number of benzene rings is 2. The number of piperazine rings is 1. The number of amides is 3. The third-order valence-electron chi connectivity index (χ3n) is 6.57. The second-order valence-corrected chi connectivity index (χ2v) is 10.6. The molecular formula is C27H26F5N5O4S. The van der Waals surface area contributed by atoms with Crippen molar-refractivity contribution in [3.63, 3.8) is 0 Å². The Hall–Kier alpha value is -4.11. The van der Waals surface area contributed by atoms with Gasteiger partial charge >= 0.3 is 18.2 Å². The maximum atomic E-state index is 13.7. The normalized spacial score (nSPS) is 16.4. The second-order valence-electron chi connectivity index (χ2n) is 9.44. The van der Waals surface area contributed by atoms with E-state index in [1.54, 1.807) is 23.1 Å². The smallest absolute Gasteiger partial charge is 0.475 e. The third-order valence-corrected chi connectivity index (χ3v) is 7.59. The maximum Gasteiger partial charge on any atom is 0.490 e. The van der Waals surface area contributed by atoms with Gasteiger partial charge in [-0.25, -0.2) is 23.4 Å². The number of halogens is 5. The minimum Gasteiger partial charge on any atom is -0.475 e. The number of anilines is 1. The van der Waals surface area contributed by atoms with Crippen LogP contribution in [0.25, 0.3) is 10.4 Å². The van der Waals surface area contributed by atoms with Gasteiger partial charge in [-0.05, 0) is 48.7 Å². The lowest BCUT2D eigenvalue weighted by atomic mass is 10.1. The molecule has 0 bridgehead atoms. The predicted octanol–water partition coefficient (Wildman–Crippen LogP) is 4.22. The van der Waals surface area contributed by atoms with Crippen LogP contribution in [0, 0.1) is 18.6 Å². The second kappa shape index (κ2) is 12.8. The maximum absolute atomic E-state index is 13.7. The lowest BCUT2D eigenvalue weighted by Gasteiger charge is -2.36. The number of thiazole rings is 1. The first-order valence-electron chi connectivity index (χ1n) is 12.7. The largest absolute Gasteiger partial charge is 0.490 e. The topological polar surface area (TPSA) is 115 Å². The Labute approximate surface area is 241 Å². The van der Waals surface area contributed by atoms with Crippen LogP contribution in [0.15, 0.2) is 42.5 Å². The number of aliphatic carboxylic acids is 1. The highest BCUT2D eigenvalue weighted by molar-refractivity contribution is 7.15. The summed E-state index contributed by atoms with van der Waals surface area (Å²) in [6.45, 7) is 4.18. The molecule has 9 nitrogen and oxygen atoms in total. The number of carboxylic acids is 1. The van der Waals surface area contributed by atoms with Gasteiger partial charge in [-0.2, -0.15) is 13.2 Å². The Bertz CT molecular complexity index is 1460. The molecule has 1 atom stereocenters. The number of alkyl halides is 3. The molecule has 1 saturated heterocycles. The molecule has 3 aromatic rings. The molecule has 3 heterocycles. The van der Waals surface area contributed by atoms with Crippen LogP contribution in [-0.4, -0.2) is 77.8 Å². The monoisotopic (exact) mass is 611 g/mol. The number of rotatable bonds is 4. The Morgan fingerprint density at radius 1 is 1.10 bits per heavy atom. The van der Waals surface area contributed by atoms with Gasteiger partial charge < -0.3 is 20.6 Å². The average Bonchev–Trinajstić information content (AvgIpc) is 3.55. The zero-order valence-electron chi connectivity index (χ0n) is 22.2. The molecule has 5 rings (SSSR count). The summed E-state index contributed by atoms with van der Waals surface area (Å²) in [5.74, 6) is -3.70. The average molecular weight is 612 g/mol. The number of hydrogen-bond donors (Lipinski definition) is 3. The van der Waals surface area contributed by atoms with Crippen molar-refractivity contribution in [2.75, 3.05) is 37.6 Å². The summed E-state index contributed by atoms with van der Waals surface area (Å²) < 4.78 is 58.9. The first-order chi connectivity index (χ1) is 19.8. The molecule has 1 fully saturated rings. The van der Waals surface area contributed by atoms with Crippen LogP contribution in [0.1, 0.15) is 21.1 Å². The van der Waals surface area contributed by atoms with Gasteiger partial charge in [-0.15, -0.1) is 11.3 Å². The van der Waals surface area contributed by atoms with Crippen LogP contribution in [0.5, 0.6) is 0 Å². The number of aromatic nitrogens is 1. The van der Waals surface area contributed by atoms with Crippen molar-refractivity contribution >= 4 is 34.9 Å². The highest BCUT2D eigenvalue weighted by atomic mass is 32.1. The van der Waals surface area contributed by atoms with Gasteiger partial charge in [0, 0.05) is 32.7 Å². The van der Waals surface area contributed by atoms with Gasteiger partial charge in [-0.3, -0.25) is 9.69 Å². The molecule has 3 N–H and O–H groups in total. The first-order valence-corrected chi connectivity index (χ1v) is 13.6. The number of urea groups is 1. The number of aryl methyl sites for hydroxylation is 1. The summed E-state index contributed by atoms with van der Waals surface area (Å²) >= 11 is 1.39. The predicted molar refractivity (Wildman–Crippen MR) is 144 cm³/mol. The van der Waals surface area contributed by atoms with Crippen LogP contribution in [-0.2, 0) is 11.2 Å². The third kappa shape index (κ3) is 7.20. The Morgan fingerprint density at radius 2 is 1.76 bits per heavy atom. The van der Waals surface area contributed by atoms with Crippen LogP contribution < -0.4 is 15.5 Å². The molecule has 0 spiro atoms. The standard InChI is InChI=1S/C25H25F2N5O2S.C2HF3O2/c1-15-30-22(23(35-15)17-3-5-18(26)6-4-17)24(33)31-11-9-28-13-20(31)14-29-25(34)32-10-8-16-2-7-19(27)12-21(16)32;3-2(4,5)1(6)7/h2-7,12,20,28H,8-11,13-14H2,1H3,(H,29,34);(H,6,7)/t20-;/m0./s1. The van der Waals surface area contributed by atoms with E-state index >= 15 is 0 Å². The van der Waals surface area contributed by atoms with Crippen molar-refractivity contribution in [2.24, 2.45) is 0 Å². The van der Waals surface area contributed by atoms with E-state index in [0.717, 1.165) is 16.1 Å². The molecule has 15 heteroatoms. The van der Waals surface area contributed by atoms with Gasteiger partial charge in [0.1, 0.15) is 17.3 Å². The Kier molecular flexibility index (Phi) is 9.41. The van der Waals surface area contributed by atoms with Gasteiger partial charge in [0.05, 0.1) is 21.6 Å². The fourth-order valence-electron chi connectivity index (χ4n) is 4.58. The summed E-state index contributed by atoms with van der Waals surface area (Å²) in [5.41, 5.74) is 2.59.